The number of fused-ring (bicyclic) bond motifs is 1. The monoisotopic (exact) mass is 1520 g/mol. The van der Waals surface area contributed by atoms with E-state index in [0.29, 0.717) is 72.1 Å². The number of nitrogens with two attached hydrogens (primary N) is 1. The average Bonchev–Trinajstić information content (AvgIpc) is 1.63. The Morgan fingerprint density at radius 2 is 1.12 bits per heavy atom. The molecule has 0 saturated carbocycles. The summed E-state index contributed by atoms with van der Waals surface area (Å²) in [4.78, 5) is 108. The van der Waals surface area contributed by atoms with E-state index in [1.165, 1.54) is 81.0 Å². The zero-order valence-electron chi connectivity index (χ0n) is 58.0. The molecule has 5 aromatic rings. The molecule has 1 aliphatic rings. The summed E-state index contributed by atoms with van der Waals surface area (Å²) in [6.45, 7) is 6.38. The van der Waals surface area contributed by atoms with Crippen LogP contribution in [0, 0.1) is 13.8 Å². The van der Waals surface area contributed by atoms with Gasteiger partial charge in [-0.2, -0.15) is 0 Å². The molecule has 0 radical (unpaired) electrons. The van der Waals surface area contributed by atoms with E-state index in [-0.39, 0.29) is 88.0 Å². The van der Waals surface area contributed by atoms with E-state index in [1.807, 2.05) is 62.4 Å². The molecule has 9 N–H and O–H groups in total. The Hall–Kier alpha value is -7.69. The molecular formula is C69H88ClN5O21S5. The number of carboxylic acids is 2. The number of carbonyl (C=O) groups is 9. The third-order valence-electron chi connectivity index (χ3n) is 14.1. The normalized spacial score (nSPS) is 12.1. The predicted molar refractivity (Wildman–Crippen MR) is 392 cm³/mol. The lowest BCUT2D eigenvalue weighted by molar-refractivity contribution is -0.146. The molecule has 4 amide bonds. The molecule has 0 spiro atoms. The number of nitrogen functional groups attached to an aromatic ring is 1. The number of nitrogens with zero attached hydrogens (tertiary/aromatic N) is 2. The number of Topliss-reactive ketones (excluding diaryl/α,β-unsaturated/α-hetero) is 1. The van der Waals surface area contributed by atoms with Crippen LogP contribution in [0.5, 0.6) is 17.2 Å². The average molecular weight is 1520 g/mol. The lowest BCUT2D eigenvalue weighted by atomic mass is 10.0. The van der Waals surface area contributed by atoms with E-state index in [4.69, 9.17) is 61.1 Å². The van der Waals surface area contributed by atoms with Gasteiger partial charge in [0.15, 0.2) is 17.3 Å². The Morgan fingerprint density at radius 3 is 1.55 bits per heavy atom. The Balaban J connectivity index is 0.000000358. The topological polar surface area (TPSA) is 376 Å². The molecule has 2 unspecified atom stereocenters. The molecule has 0 bridgehead atoms. The number of aliphatic hydroxyl groups excluding tert-OH is 2. The fraction of sp³-hybridized carbons (Fsp3) is 0.406. The summed E-state index contributed by atoms with van der Waals surface area (Å²) in [5, 5.41) is 50.5. The molecule has 0 aromatic heterocycles. The van der Waals surface area contributed by atoms with Crippen molar-refractivity contribution in [1.82, 2.24) is 20.4 Å². The van der Waals surface area contributed by atoms with Crippen molar-refractivity contribution in [1.29, 1.82) is 0 Å². The highest BCUT2D eigenvalue weighted by Gasteiger charge is 2.31. The summed E-state index contributed by atoms with van der Waals surface area (Å²) >= 11 is 9.51. The van der Waals surface area contributed by atoms with Crippen molar-refractivity contribution in [2.24, 2.45) is 0 Å². The first kappa shape index (κ1) is 87.5. The Bertz CT molecular complexity index is 3670. The van der Waals surface area contributed by atoms with Gasteiger partial charge in [0, 0.05) is 91.8 Å². The number of nitrogens with one attached hydrogen (secondary N) is 2. The number of aryl methyl sites for hydroxylation is 2. The summed E-state index contributed by atoms with van der Waals surface area (Å²) in [7, 11) is 16.6. The number of ketones is 1. The minimum Gasteiger partial charge on any atom is -0.507 e. The van der Waals surface area contributed by atoms with E-state index < -0.39 is 35.4 Å². The number of rotatable bonds is 34. The number of phenolic OH excluding ortho intramolecular Hbond substituents is 1. The number of anilines is 1. The fourth-order valence-electron chi connectivity index (χ4n) is 9.28. The maximum atomic E-state index is 12.8. The van der Waals surface area contributed by atoms with Crippen LogP contribution >= 0.6 is 67.4 Å². The van der Waals surface area contributed by atoms with Crippen LogP contribution in [0.4, 0.5) is 10.5 Å². The van der Waals surface area contributed by atoms with Crippen LogP contribution in [-0.2, 0) is 103 Å². The van der Waals surface area contributed by atoms with Crippen molar-refractivity contribution >= 4 is 132 Å². The van der Waals surface area contributed by atoms with E-state index in [0.717, 1.165) is 70.3 Å². The number of halogens is 1. The van der Waals surface area contributed by atoms with Crippen LogP contribution < -0.4 is 25.8 Å². The number of benzene rings is 5. The molecule has 0 saturated heterocycles. The maximum absolute atomic E-state index is 12.8. The number of aliphatic hydroxyl groups is 2. The zero-order valence-corrected chi connectivity index (χ0v) is 62.9. The number of carboxylic acid groups (broad SMARTS) is 2. The molecule has 5 aromatic carbocycles. The Labute approximate surface area is 613 Å². The van der Waals surface area contributed by atoms with Gasteiger partial charge in [0.2, 0.25) is 23.6 Å². The van der Waals surface area contributed by atoms with Gasteiger partial charge in [-0.15, -0.1) is 12.6 Å². The third kappa shape index (κ3) is 31.2. The van der Waals surface area contributed by atoms with Gasteiger partial charge < -0.3 is 84.9 Å². The molecule has 32 heteroatoms. The lowest BCUT2D eigenvalue weighted by Crippen LogP contribution is -2.47. The van der Waals surface area contributed by atoms with Gasteiger partial charge in [0.25, 0.3) is 0 Å². The van der Waals surface area contributed by atoms with Crippen molar-refractivity contribution in [2.75, 3.05) is 106 Å². The van der Waals surface area contributed by atoms with E-state index >= 15 is 0 Å². The van der Waals surface area contributed by atoms with Crippen LogP contribution in [-0.4, -0.2) is 201 Å². The summed E-state index contributed by atoms with van der Waals surface area (Å²) in [5.41, 5.74) is 15.0. The Morgan fingerprint density at radius 1 is 0.663 bits per heavy atom. The molecule has 101 heavy (non-hydrogen) atoms. The molecular weight excluding hydrogens is 1430 g/mol. The van der Waals surface area contributed by atoms with Gasteiger partial charge in [0.1, 0.15) is 44.3 Å². The predicted octanol–water partition coefficient (Wildman–Crippen LogP) is 8.33. The largest absolute Gasteiger partial charge is 0.507 e. The van der Waals surface area contributed by atoms with Gasteiger partial charge in [-0.1, -0.05) is 79.6 Å². The molecule has 0 fully saturated rings. The lowest BCUT2D eigenvalue weighted by Gasteiger charge is -2.20. The number of hydrogen-bond donors (Lipinski definition) is 9. The number of ether oxygens (including phenoxy) is 7. The fourth-order valence-corrected chi connectivity index (χ4v) is 14.4. The number of methoxy groups -OCH3 is 3. The number of hydrogen-bond acceptors (Lipinski definition) is 25. The van der Waals surface area contributed by atoms with E-state index in [1.54, 1.807) is 65.6 Å². The number of amides is 4. The summed E-state index contributed by atoms with van der Waals surface area (Å²) < 4.78 is 35.3. The van der Waals surface area contributed by atoms with Gasteiger partial charge in [0.05, 0.1) is 65.6 Å². The van der Waals surface area contributed by atoms with E-state index in [9.17, 15) is 53.4 Å². The highest BCUT2D eigenvalue weighted by atomic mass is 35.5. The molecule has 552 valence electrons. The van der Waals surface area contributed by atoms with Gasteiger partial charge >= 0.3 is 23.3 Å². The second-order valence-electron chi connectivity index (χ2n) is 22.4. The van der Waals surface area contributed by atoms with Crippen LogP contribution in [0.15, 0.2) is 93.1 Å². The molecule has 1 aliphatic carbocycles. The summed E-state index contributed by atoms with van der Waals surface area (Å²) in [5.74, 6) is -1.55. The quantitative estimate of drug-likeness (QED) is 0.00355. The van der Waals surface area contributed by atoms with Crippen molar-refractivity contribution in [2.45, 2.75) is 100.0 Å². The number of allylic oxidation sites excluding steroid dienone is 1. The molecule has 2 atom stereocenters. The zero-order chi connectivity index (χ0) is 75.5. The highest BCUT2D eigenvalue weighted by Crippen LogP contribution is 2.44. The van der Waals surface area contributed by atoms with Crippen molar-refractivity contribution in [3.05, 3.63) is 140 Å². The summed E-state index contributed by atoms with van der Waals surface area (Å²) in [6, 6.07) is 20.8. The first-order valence-electron chi connectivity index (χ1n) is 30.8. The second kappa shape index (κ2) is 46.0. The van der Waals surface area contributed by atoms with E-state index in [2.05, 4.69) is 28.0 Å². The molecule has 26 nitrogen and oxygen atoms in total. The molecule has 0 heterocycles. The summed E-state index contributed by atoms with van der Waals surface area (Å²) in [6.07, 6.45) is 3.90. The molecule has 6 rings (SSSR count). The Kier molecular flexibility index (Phi) is 39.9. The third-order valence-corrected chi connectivity index (χ3v) is 19.6. The van der Waals surface area contributed by atoms with Crippen LogP contribution in [0.3, 0.4) is 0 Å². The number of phenols is 1. The number of carbonyl (C=O) groups excluding carboxylic acids is 7. The minimum atomic E-state index is -1.02. The highest BCUT2D eigenvalue weighted by molar-refractivity contribution is 8.77. The standard InChI is InChI=1S/C20H27ClN2O7S2.C20H21NO4.C18H26N2O6S2.C11H14O4S/c1-13(24)22-16(19(26)23(2)3)12-31-32-17-6-5-14(10-30-20(21)27)9-15(17)7-8-29-11-18(25)28-4;1-10-5-12(6-11(2)18(10)22)7-14-8-13-9-15(24-3)20(25-4)17(21)16(13)19(14)23;1-12(22)19-15(18(25)20(2)3)11-27-28-16-5-4-13(9-21)8-14(16)6-7-26-10-17(23)24;12-6-8-1-2-10(16)9(5-8)3-4-15-7-11(13)14/h5-6,9,16H,7-8,10-12H2,1-4H3,(H,22,24);5-7,9,22H,8,21H2,1-4H3;4-5,8,15,21H,6-7,9-11H2,1-3H3,(H,19,22)(H,23,24);1-2,5,12,16H,3-4,6-7H2,(H,13,14)/b;14-7+;;. The SMILES string of the molecule is CC(=O)NC(CSSc1ccc(CO)cc1CCOCC(=O)O)C(=O)N(C)C.COC(=O)COCCc1cc(COC(=O)Cl)ccc1SSCC(NC(C)=O)C(=O)N(C)C.COc1cc2c(c(N)c1OC)C(=O)/C(=C/c1cc(C)c(O)c(C)c1)C2.O=C(O)COCCc1cc(CO)ccc1S. The number of esters is 1. The van der Waals surface area contributed by atoms with Crippen LogP contribution in [0.25, 0.3) is 6.08 Å². The number of aliphatic carboxylic acids is 2. The van der Waals surface area contributed by atoms with Gasteiger partial charge in [-0.3, -0.25) is 24.0 Å². The smallest absolute Gasteiger partial charge is 0.404 e. The minimum absolute atomic E-state index is 0.0168. The number of thiol groups is 1. The van der Waals surface area contributed by atoms with Crippen molar-refractivity contribution in [3.8, 4) is 17.2 Å². The maximum Gasteiger partial charge on any atom is 0.404 e. The van der Waals surface area contributed by atoms with Gasteiger partial charge in [-0.25, -0.2) is 19.2 Å². The van der Waals surface area contributed by atoms with Gasteiger partial charge in [-0.05, 0) is 131 Å². The first-order valence-corrected chi connectivity index (χ1v) is 36.3. The van der Waals surface area contributed by atoms with Crippen LogP contribution in [0.1, 0.15) is 79.8 Å². The second-order valence-corrected chi connectivity index (χ2v) is 28.0. The first-order chi connectivity index (χ1) is 47.9. The number of aromatic hydroxyl groups is 1. The van der Waals surface area contributed by atoms with Crippen molar-refractivity contribution in [3.63, 3.8) is 0 Å². The number of likely N-dealkylation sites (N-methyl/N-ethyl adjacent to an activating group) is 2. The van der Waals surface area contributed by atoms with Crippen LogP contribution in [0.2, 0.25) is 0 Å². The molecule has 0 aliphatic heterocycles. The van der Waals surface area contributed by atoms with Crippen molar-refractivity contribution < 1.29 is 102 Å².